The molecule has 4 heteroatoms. The first-order chi connectivity index (χ1) is 9.83. The largest absolute Gasteiger partial charge is 0.348 e. The van der Waals surface area contributed by atoms with Gasteiger partial charge in [-0.15, -0.1) is 0 Å². The van der Waals surface area contributed by atoms with E-state index in [4.69, 9.17) is 0 Å². The minimum Gasteiger partial charge on any atom is -0.348 e. The van der Waals surface area contributed by atoms with Crippen molar-refractivity contribution in [2.24, 2.45) is 0 Å². The summed E-state index contributed by atoms with van der Waals surface area (Å²) in [6.45, 7) is 0. The zero-order chi connectivity index (χ0) is 13.5. The van der Waals surface area contributed by atoms with Crippen LogP contribution >= 0.6 is 0 Å². The third-order valence-electron chi connectivity index (χ3n) is 3.69. The second kappa shape index (κ2) is 4.20. The molecule has 2 heterocycles. The quantitative estimate of drug-likeness (QED) is 0.733. The van der Waals surface area contributed by atoms with Crippen LogP contribution in [0.5, 0.6) is 0 Å². The third kappa shape index (κ3) is 1.61. The maximum Gasteiger partial charge on any atom is 0.236 e. The Hall–Kier alpha value is -2.62. The Kier molecular flexibility index (Phi) is 2.36. The molecule has 1 aliphatic rings. The van der Waals surface area contributed by atoms with E-state index in [1.807, 2.05) is 54.6 Å². The van der Waals surface area contributed by atoms with Crippen LogP contribution in [0, 0.1) is 0 Å². The van der Waals surface area contributed by atoms with Crippen molar-refractivity contribution in [3.63, 3.8) is 0 Å². The summed E-state index contributed by atoms with van der Waals surface area (Å²) in [4.78, 5) is 16.9. The van der Waals surface area contributed by atoms with Gasteiger partial charge >= 0.3 is 0 Å². The monoisotopic (exact) mass is 263 g/mol. The van der Waals surface area contributed by atoms with Crippen molar-refractivity contribution in [3.05, 3.63) is 60.2 Å². The highest BCUT2D eigenvalue weighted by atomic mass is 16.2. The van der Waals surface area contributed by atoms with Gasteiger partial charge in [-0.3, -0.25) is 4.79 Å². The lowest BCUT2D eigenvalue weighted by atomic mass is 10.0. The number of nitrogens with zero attached hydrogens (tertiary/aromatic N) is 2. The van der Waals surface area contributed by atoms with Crippen molar-refractivity contribution in [2.75, 3.05) is 5.32 Å². The highest BCUT2D eigenvalue weighted by molar-refractivity contribution is 5.95. The van der Waals surface area contributed by atoms with Crippen LogP contribution in [0.15, 0.2) is 54.6 Å². The maximum absolute atomic E-state index is 12.4. The predicted molar refractivity (Wildman–Crippen MR) is 77.8 cm³/mol. The van der Waals surface area contributed by atoms with E-state index in [0.717, 1.165) is 16.6 Å². The van der Waals surface area contributed by atoms with Crippen molar-refractivity contribution in [3.8, 4) is 0 Å². The summed E-state index contributed by atoms with van der Waals surface area (Å²) < 4.78 is 1.68. The number of carbonyl (C=O) groups excluding carboxylic acids is 1. The van der Waals surface area contributed by atoms with E-state index in [1.165, 1.54) is 0 Å². The van der Waals surface area contributed by atoms with Crippen LogP contribution in [0.2, 0.25) is 0 Å². The Labute approximate surface area is 116 Å². The average Bonchev–Trinajstić information content (AvgIpc) is 2.87. The number of aromatic nitrogens is 2. The Morgan fingerprint density at radius 1 is 1.05 bits per heavy atom. The Bertz CT molecular complexity index is 792. The van der Waals surface area contributed by atoms with Crippen LogP contribution in [-0.4, -0.2) is 15.5 Å². The Morgan fingerprint density at radius 3 is 2.65 bits per heavy atom. The minimum atomic E-state index is -0.00647. The fourth-order valence-electron chi connectivity index (χ4n) is 2.73. The maximum atomic E-state index is 12.4. The van der Waals surface area contributed by atoms with E-state index in [0.29, 0.717) is 12.4 Å². The summed E-state index contributed by atoms with van der Waals surface area (Å²) in [6.07, 6.45) is 0.442. The normalized spacial score (nSPS) is 17.8. The molecule has 4 nitrogen and oxygen atoms in total. The molecule has 0 aliphatic carbocycles. The van der Waals surface area contributed by atoms with Crippen LogP contribution < -0.4 is 5.32 Å². The smallest absolute Gasteiger partial charge is 0.236 e. The Morgan fingerprint density at radius 2 is 1.80 bits per heavy atom. The van der Waals surface area contributed by atoms with Gasteiger partial charge in [0.1, 0.15) is 0 Å². The molecule has 98 valence electrons. The molecule has 3 aromatic rings. The van der Waals surface area contributed by atoms with Crippen LogP contribution in [-0.2, 0) is 0 Å². The van der Waals surface area contributed by atoms with Crippen LogP contribution in [0.1, 0.15) is 22.8 Å². The van der Waals surface area contributed by atoms with Gasteiger partial charge < -0.3 is 5.32 Å². The number of nitrogens with one attached hydrogen (secondary N) is 1. The van der Waals surface area contributed by atoms with Crippen LogP contribution in [0.3, 0.4) is 0 Å². The number of para-hydroxylation sites is 2. The number of anilines is 1. The van der Waals surface area contributed by atoms with Crippen molar-refractivity contribution in [1.29, 1.82) is 0 Å². The summed E-state index contributed by atoms with van der Waals surface area (Å²) in [7, 11) is 0. The SMILES string of the molecule is O=C1C[C@@H](c2ccccc2)Nc2nc3ccccc3n21. The number of hydrogen-bond donors (Lipinski definition) is 1. The summed E-state index contributed by atoms with van der Waals surface area (Å²) in [6, 6.07) is 17.7. The number of benzene rings is 2. The zero-order valence-electron chi connectivity index (χ0n) is 10.8. The first-order valence-corrected chi connectivity index (χ1v) is 6.65. The minimum absolute atomic E-state index is 0.00647. The second-order valence-corrected chi connectivity index (χ2v) is 4.97. The van der Waals surface area contributed by atoms with E-state index >= 15 is 0 Å². The summed E-state index contributed by atoms with van der Waals surface area (Å²) in [5.74, 6) is 0.720. The van der Waals surface area contributed by atoms with E-state index in [9.17, 15) is 4.79 Å². The van der Waals surface area contributed by atoms with Crippen molar-refractivity contribution >= 4 is 22.9 Å². The molecular weight excluding hydrogens is 250 g/mol. The summed E-state index contributed by atoms with van der Waals surface area (Å²) >= 11 is 0. The topological polar surface area (TPSA) is 46.9 Å². The van der Waals surface area contributed by atoms with Gasteiger partial charge in [0, 0.05) is 0 Å². The zero-order valence-corrected chi connectivity index (χ0v) is 10.8. The summed E-state index contributed by atoms with van der Waals surface area (Å²) in [5.41, 5.74) is 2.82. The Balaban J connectivity index is 1.82. The van der Waals surface area contributed by atoms with Gasteiger partial charge in [0.05, 0.1) is 23.5 Å². The van der Waals surface area contributed by atoms with Crippen LogP contribution in [0.4, 0.5) is 5.95 Å². The number of carbonyl (C=O) groups is 1. The fourth-order valence-corrected chi connectivity index (χ4v) is 2.73. The van der Waals surface area contributed by atoms with Crippen LogP contribution in [0.25, 0.3) is 11.0 Å². The van der Waals surface area contributed by atoms with Gasteiger partial charge in [0.2, 0.25) is 11.9 Å². The first kappa shape index (κ1) is 11.2. The lowest BCUT2D eigenvalue weighted by Crippen LogP contribution is -2.27. The lowest BCUT2D eigenvalue weighted by Gasteiger charge is -2.24. The summed E-state index contributed by atoms with van der Waals surface area (Å²) in [5, 5.41) is 3.36. The average molecular weight is 263 g/mol. The number of rotatable bonds is 1. The lowest BCUT2D eigenvalue weighted by molar-refractivity contribution is 0.0893. The molecule has 1 N–H and O–H groups in total. The predicted octanol–water partition coefficient (Wildman–Crippen LogP) is 3.23. The number of imidazole rings is 1. The third-order valence-corrected chi connectivity index (χ3v) is 3.69. The van der Waals surface area contributed by atoms with Gasteiger partial charge in [-0.05, 0) is 17.7 Å². The van der Waals surface area contributed by atoms with Crippen molar-refractivity contribution in [1.82, 2.24) is 9.55 Å². The van der Waals surface area contributed by atoms with Gasteiger partial charge in [-0.25, -0.2) is 9.55 Å². The molecule has 1 aromatic heterocycles. The molecule has 0 amide bonds. The molecule has 0 saturated heterocycles. The second-order valence-electron chi connectivity index (χ2n) is 4.97. The highest BCUT2D eigenvalue weighted by Crippen LogP contribution is 2.31. The van der Waals surface area contributed by atoms with E-state index < -0.39 is 0 Å². The molecule has 0 fully saturated rings. The molecular formula is C16H13N3O. The van der Waals surface area contributed by atoms with Gasteiger partial charge in [-0.1, -0.05) is 42.5 Å². The molecule has 20 heavy (non-hydrogen) atoms. The molecule has 1 aliphatic heterocycles. The fraction of sp³-hybridized carbons (Fsp3) is 0.125. The van der Waals surface area contributed by atoms with Crippen molar-refractivity contribution < 1.29 is 4.79 Å². The molecule has 4 rings (SSSR count). The molecule has 0 saturated carbocycles. The van der Waals surface area contributed by atoms with E-state index in [1.54, 1.807) is 4.57 Å². The van der Waals surface area contributed by atoms with Gasteiger partial charge in [-0.2, -0.15) is 0 Å². The highest BCUT2D eigenvalue weighted by Gasteiger charge is 2.27. The van der Waals surface area contributed by atoms with Gasteiger partial charge in [0.25, 0.3) is 0 Å². The molecule has 1 atom stereocenters. The number of hydrogen-bond acceptors (Lipinski definition) is 3. The van der Waals surface area contributed by atoms with E-state index in [2.05, 4.69) is 10.3 Å². The standard InChI is InChI=1S/C16H13N3O/c20-15-10-13(11-6-2-1-3-7-11)18-16-17-12-8-4-5-9-14(12)19(15)16/h1-9,13H,10H2,(H,17,18)/t13-/m0/s1. The van der Waals surface area contributed by atoms with E-state index in [-0.39, 0.29) is 11.9 Å². The molecule has 0 spiro atoms. The molecule has 0 radical (unpaired) electrons. The number of fused-ring (bicyclic) bond motifs is 3. The van der Waals surface area contributed by atoms with Gasteiger partial charge in [0.15, 0.2) is 0 Å². The molecule has 0 bridgehead atoms. The first-order valence-electron chi connectivity index (χ1n) is 6.65. The molecule has 2 aromatic carbocycles. The molecule has 0 unspecified atom stereocenters. The van der Waals surface area contributed by atoms with Crippen molar-refractivity contribution in [2.45, 2.75) is 12.5 Å².